The molecule has 4 heteroatoms. The molecule has 2 N–H and O–H groups in total. The Bertz CT molecular complexity index is 493. The standard InChI is InChI=1S/C17H23NO3/c1-2-11-21-15-8-4-3-7-14(15)16(20)18-12-17(13-19)9-5-6-10-17/h2-4,7-8,19H,1,5-6,9-13H2,(H,18,20). The molecule has 0 saturated heterocycles. The predicted molar refractivity (Wildman–Crippen MR) is 82.5 cm³/mol. The summed E-state index contributed by atoms with van der Waals surface area (Å²) in [6, 6.07) is 7.16. The number of nitrogens with one attached hydrogen (secondary N) is 1. The van der Waals surface area contributed by atoms with Crippen LogP contribution in [0, 0.1) is 5.41 Å². The zero-order valence-corrected chi connectivity index (χ0v) is 12.3. The number of carbonyl (C=O) groups excluding carboxylic acids is 1. The molecule has 0 radical (unpaired) electrons. The lowest BCUT2D eigenvalue weighted by Gasteiger charge is -2.26. The highest BCUT2D eigenvalue weighted by molar-refractivity contribution is 5.96. The summed E-state index contributed by atoms with van der Waals surface area (Å²) in [5.41, 5.74) is 0.373. The van der Waals surface area contributed by atoms with E-state index < -0.39 is 0 Å². The molecule has 2 rings (SSSR count). The van der Waals surface area contributed by atoms with Gasteiger partial charge in [-0.3, -0.25) is 4.79 Å². The summed E-state index contributed by atoms with van der Waals surface area (Å²) in [5.74, 6) is 0.397. The first-order valence-corrected chi connectivity index (χ1v) is 7.42. The van der Waals surface area contributed by atoms with Gasteiger partial charge in [0.1, 0.15) is 12.4 Å². The first-order valence-electron chi connectivity index (χ1n) is 7.42. The van der Waals surface area contributed by atoms with Crippen LogP contribution in [0.2, 0.25) is 0 Å². The van der Waals surface area contributed by atoms with Crippen molar-refractivity contribution in [3.8, 4) is 5.75 Å². The van der Waals surface area contributed by atoms with Crippen molar-refractivity contribution < 1.29 is 14.6 Å². The maximum Gasteiger partial charge on any atom is 0.255 e. The zero-order chi connectivity index (χ0) is 15.1. The summed E-state index contributed by atoms with van der Waals surface area (Å²) in [4.78, 5) is 12.3. The van der Waals surface area contributed by atoms with Crippen LogP contribution in [0.1, 0.15) is 36.0 Å². The second-order valence-electron chi connectivity index (χ2n) is 5.64. The molecule has 4 nitrogen and oxygen atoms in total. The van der Waals surface area contributed by atoms with Crippen LogP contribution in [0.4, 0.5) is 0 Å². The first kappa shape index (κ1) is 15.6. The van der Waals surface area contributed by atoms with Crippen LogP contribution in [-0.4, -0.2) is 30.8 Å². The van der Waals surface area contributed by atoms with E-state index in [9.17, 15) is 9.90 Å². The van der Waals surface area contributed by atoms with E-state index in [1.54, 1.807) is 18.2 Å². The summed E-state index contributed by atoms with van der Waals surface area (Å²) in [5, 5.41) is 12.5. The number of para-hydroxylation sites is 1. The first-order chi connectivity index (χ1) is 10.2. The number of aliphatic hydroxyl groups excluding tert-OH is 1. The van der Waals surface area contributed by atoms with E-state index in [0.717, 1.165) is 25.7 Å². The van der Waals surface area contributed by atoms with Gasteiger partial charge in [0.25, 0.3) is 5.91 Å². The van der Waals surface area contributed by atoms with Crippen molar-refractivity contribution in [3.63, 3.8) is 0 Å². The number of benzene rings is 1. The van der Waals surface area contributed by atoms with Crippen molar-refractivity contribution in [1.29, 1.82) is 0 Å². The van der Waals surface area contributed by atoms with Crippen molar-refractivity contribution in [2.24, 2.45) is 5.41 Å². The van der Waals surface area contributed by atoms with E-state index in [4.69, 9.17) is 4.74 Å². The smallest absolute Gasteiger partial charge is 0.255 e. The van der Waals surface area contributed by atoms with Gasteiger partial charge in [-0.15, -0.1) is 0 Å². The largest absolute Gasteiger partial charge is 0.489 e. The van der Waals surface area contributed by atoms with Gasteiger partial charge in [0.2, 0.25) is 0 Å². The highest BCUT2D eigenvalue weighted by Crippen LogP contribution is 2.37. The Morgan fingerprint density at radius 1 is 1.38 bits per heavy atom. The number of carbonyl (C=O) groups is 1. The third-order valence-corrected chi connectivity index (χ3v) is 4.11. The summed E-state index contributed by atoms with van der Waals surface area (Å²) >= 11 is 0. The monoisotopic (exact) mass is 289 g/mol. The lowest BCUT2D eigenvalue weighted by atomic mass is 9.87. The lowest BCUT2D eigenvalue weighted by Crippen LogP contribution is -2.38. The van der Waals surface area contributed by atoms with Gasteiger partial charge in [-0.1, -0.05) is 37.6 Å². The van der Waals surface area contributed by atoms with Crippen molar-refractivity contribution >= 4 is 5.91 Å². The highest BCUT2D eigenvalue weighted by atomic mass is 16.5. The molecule has 0 atom stereocenters. The van der Waals surface area contributed by atoms with Gasteiger partial charge >= 0.3 is 0 Å². The Kier molecular flexibility index (Phi) is 5.39. The van der Waals surface area contributed by atoms with E-state index in [1.165, 1.54) is 0 Å². The molecule has 0 aliphatic heterocycles. The Hall–Kier alpha value is -1.81. The molecule has 1 aliphatic rings. The maximum atomic E-state index is 12.3. The van der Waals surface area contributed by atoms with Crippen LogP contribution in [0.25, 0.3) is 0 Å². The number of aliphatic hydroxyl groups is 1. The van der Waals surface area contributed by atoms with E-state index in [2.05, 4.69) is 11.9 Å². The number of amides is 1. The van der Waals surface area contributed by atoms with Crippen molar-refractivity contribution in [2.75, 3.05) is 19.8 Å². The second-order valence-corrected chi connectivity index (χ2v) is 5.64. The summed E-state index contributed by atoms with van der Waals surface area (Å²) in [7, 11) is 0. The fourth-order valence-electron chi connectivity index (χ4n) is 2.81. The van der Waals surface area contributed by atoms with Gasteiger partial charge in [-0.2, -0.15) is 0 Å². The van der Waals surface area contributed by atoms with Gasteiger partial charge in [0, 0.05) is 12.0 Å². The fraction of sp³-hybridized carbons (Fsp3) is 0.471. The van der Waals surface area contributed by atoms with Crippen LogP contribution in [0.3, 0.4) is 0 Å². The van der Waals surface area contributed by atoms with Crippen LogP contribution in [0.5, 0.6) is 5.75 Å². The van der Waals surface area contributed by atoms with Gasteiger partial charge in [-0.25, -0.2) is 0 Å². The third kappa shape index (κ3) is 3.85. The van der Waals surface area contributed by atoms with Crippen molar-refractivity contribution in [2.45, 2.75) is 25.7 Å². The van der Waals surface area contributed by atoms with Crippen LogP contribution < -0.4 is 10.1 Å². The van der Waals surface area contributed by atoms with Crippen molar-refractivity contribution in [1.82, 2.24) is 5.32 Å². The van der Waals surface area contributed by atoms with E-state index in [1.807, 2.05) is 12.1 Å². The molecule has 114 valence electrons. The maximum absolute atomic E-state index is 12.3. The van der Waals surface area contributed by atoms with Crippen LogP contribution in [0.15, 0.2) is 36.9 Å². The molecule has 1 aromatic rings. The van der Waals surface area contributed by atoms with E-state index >= 15 is 0 Å². The van der Waals surface area contributed by atoms with Crippen LogP contribution >= 0.6 is 0 Å². The Labute approximate surface area is 125 Å². The van der Waals surface area contributed by atoms with Gasteiger partial charge in [-0.05, 0) is 25.0 Å². The van der Waals surface area contributed by atoms with Gasteiger partial charge < -0.3 is 15.2 Å². The minimum absolute atomic E-state index is 0.127. The second kappa shape index (κ2) is 7.27. The number of ether oxygens (including phenoxy) is 1. The number of rotatable bonds is 7. The molecule has 1 fully saturated rings. The lowest BCUT2D eigenvalue weighted by molar-refractivity contribution is 0.0877. The molecule has 0 bridgehead atoms. The zero-order valence-electron chi connectivity index (χ0n) is 12.3. The molecular formula is C17H23NO3. The average Bonchev–Trinajstić information content (AvgIpc) is 3.00. The molecule has 1 saturated carbocycles. The Morgan fingerprint density at radius 3 is 2.76 bits per heavy atom. The van der Waals surface area contributed by atoms with Crippen LogP contribution in [-0.2, 0) is 0 Å². The summed E-state index contributed by atoms with van der Waals surface area (Å²) in [6.07, 6.45) is 5.83. The minimum Gasteiger partial charge on any atom is -0.489 e. The molecule has 1 aromatic carbocycles. The van der Waals surface area contributed by atoms with Gasteiger partial charge in [0.05, 0.1) is 12.2 Å². The summed E-state index contributed by atoms with van der Waals surface area (Å²) < 4.78 is 5.50. The number of hydrogen-bond donors (Lipinski definition) is 2. The van der Waals surface area contributed by atoms with Gasteiger partial charge in [0.15, 0.2) is 0 Å². The quantitative estimate of drug-likeness (QED) is 0.758. The molecule has 1 amide bonds. The summed E-state index contributed by atoms with van der Waals surface area (Å²) in [6.45, 7) is 4.61. The molecule has 0 heterocycles. The van der Waals surface area contributed by atoms with E-state index in [-0.39, 0.29) is 17.9 Å². The van der Waals surface area contributed by atoms with E-state index in [0.29, 0.717) is 24.5 Å². The molecule has 0 unspecified atom stereocenters. The fourth-order valence-corrected chi connectivity index (χ4v) is 2.81. The number of hydrogen-bond acceptors (Lipinski definition) is 3. The third-order valence-electron chi connectivity index (χ3n) is 4.11. The minimum atomic E-state index is -0.158. The molecular weight excluding hydrogens is 266 g/mol. The Balaban J connectivity index is 2.01. The SMILES string of the molecule is C=CCOc1ccccc1C(=O)NCC1(CO)CCCC1. The normalized spacial score (nSPS) is 16.4. The molecule has 1 aliphatic carbocycles. The Morgan fingerprint density at radius 2 is 2.10 bits per heavy atom. The molecule has 21 heavy (non-hydrogen) atoms. The highest BCUT2D eigenvalue weighted by Gasteiger charge is 2.33. The van der Waals surface area contributed by atoms with Crippen molar-refractivity contribution in [3.05, 3.63) is 42.5 Å². The predicted octanol–water partition coefficient (Wildman–Crippen LogP) is 2.53. The average molecular weight is 289 g/mol. The molecule has 0 aromatic heterocycles. The topological polar surface area (TPSA) is 58.6 Å². The molecule has 0 spiro atoms.